The zero-order valence-electron chi connectivity index (χ0n) is 13.0. The average molecular weight is 324 g/mol. The van der Waals surface area contributed by atoms with Gasteiger partial charge in [-0.2, -0.15) is 0 Å². The summed E-state index contributed by atoms with van der Waals surface area (Å²) in [5.74, 6) is -1.99. The summed E-state index contributed by atoms with van der Waals surface area (Å²) in [6.45, 7) is -0.278. The zero-order chi connectivity index (χ0) is 17.7. The van der Waals surface area contributed by atoms with Gasteiger partial charge in [0.25, 0.3) is 0 Å². The molecule has 0 aliphatic heterocycles. The predicted molar refractivity (Wildman–Crippen MR) is 86.5 cm³/mol. The van der Waals surface area contributed by atoms with Crippen molar-refractivity contribution in [3.05, 3.63) is 35.4 Å². The maximum absolute atomic E-state index is 10.4. The van der Waals surface area contributed by atoms with Crippen LogP contribution < -0.4 is 11.5 Å². The lowest BCUT2D eigenvalue weighted by Gasteiger charge is -2.15. The number of hydrogen-bond acceptors (Lipinski definition) is 5. The van der Waals surface area contributed by atoms with Crippen molar-refractivity contribution in [2.75, 3.05) is 6.54 Å². The molecule has 1 saturated carbocycles. The van der Waals surface area contributed by atoms with Crippen LogP contribution in [0.4, 0.5) is 0 Å². The Morgan fingerprint density at radius 2 is 1.74 bits per heavy atom. The maximum atomic E-state index is 10.4. The fraction of sp³-hybridized carbons (Fsp3) is 0.438. The Kier molecular flexibility index (Phi) is 11.1. The molecule has 128 valence electrons. The minimum absolute atomic E-state index is 0.134. The first kappa shape index (κ1) is 20.8. The number of carboxylic acid groups (broad SMARTS) is 2. The van der Waals surface area contributed by atoms with Crippen LogP contribution in [0.1, 0.15) is 52.8 Å². The average Bonchev–Trinajstić information content (AvgIpc) is 2.56. The van der Waals surface area contributed by atoms with Gasteiger partial charge in [0.15, 0.2) is 0 Å². The minimum Gasteiger partial charge on any atom is -0.480 e. The number of benzene rings is 1. The van der Waals surface area contributed by atoms with Gasteiger partial charge in [0.2, 0.25) is 0 Å². The molecule has 0 heterocycles. The summed E-state index contributed by atoms with van der Waals surface area (Å²) < 4.78 is 0. The van der Waals surface area contributed by atoms with Gasteiger partial charge in [-0.25, -0.2) is 4.79 Å². The lowest BCUT2D eigenvalue weighted by molar-refractivity contribution is -0.135. The molecule has 0 saturated heterocycles. The SMILES string of the molecule is NC1CCCCC1.NCC(=O)O.O=Cc1cccc(C(=O)O)c1. The maximum Gasteiger partial charge on any atom is 0.335 e. The monoisotopic (exact) mass is 324 g/mol. The molecule has 0 atom stereocenters. The normalized spacial score (nSPS) is 13.7. The second-order valence-electron chi connectivity index (χ2n) is 5.04. The fourth-order valence-electron chi connectivity index (χ4n) is 1.88. The highest BCUT2D eigenvalue weighted by Crippen LogP contribution is 2.14. The number of nitrogens with two attached hydrogens (primary N) is 2. The van der Waals surface area contributed by atoms with Crippen LogP contribution in [0.2, 0.25) is 0 Å². The molecule has 2 rings (SSSR count). The smallest absolute Gasteiger partial charge is 0.335 e. The number of carboxylic acids is 2. The van der Waals surface area contributed by atoms with Crippen molar-refractivity contribution < 1.29 is 24.6 Å². The number of aliphatic carboxylic acids is 1. The van der Waals surface area contributed by atoms with Crippen LogP contribution in [0.15, 0.2) is 24.3 Å². The number of carbonyl (C=O) groups excluding carboxylic acids is 1. The molecule has 1 fully saturated rings. The molecule has 1 aromatic rings. The van der Waals surface area contributed by atoms with Gasteiger partial charge in [-0.1, -0.05) is 31.4 Å². The van der Waals surface area contributed by atoms with Crippen LogP contribution in [-0.2, 0) is 4.79 Å². The van der Waals surface area contributed by atoms with Gasteiger partial charge in [0, 0.05) is 11.6 Å². The van der Waals surface area contributed by atoms with Gasteiger partial charge in [0.1, 0.15) is 6.29 Å². The van der Waals surface area contributed by atoms with Crippen molar-refractivity contribution in [2.45, 2.75) is 38.1 Å². The van der Waals surface area contributed by atoms with Crippen molar-refractivity contribution in [3.63, 3.8) is 0 Å². The molecule has 1 aromatic carbocycles. The Bertz CT molecular complexity index is 499. The van der Waals surface area contributed by atoms with Gasteiger partial charge in [-0.3, -0.25) is 9.59 Å². The minimum atomic E-state index is -1.02. The lowest BCUT2D eigenvalue weighted by atomic mass is 9.97. The Morgan fingerprint density at radius 1 is 1.17 bits per heavy atom. The Hall–Kier alpha value is -2.25. The molecule has 1 aliphatic carbocycles. The molecule has 1 aliphatic rings. The van der Waals surface area contributed by atoms with Crippen LogP contribution in [0.25, 0.3) is 0 Å². The second-order valence-corrected chi connectivity index (χ2v) is 5.04. The predicted octanol–water partition coefficient (Wildman–Crippen LogP) is 1.50. The molecule has 7 nitrogen and oxygen atoms in total. The van der Waals surface area contributed by atoms with Crippen LogP contribution >= 0.6 is 0 Å². The zero-order valence-corrected chi connectivity index (χ0v) is 13.0. The van der Waals surface area contributed by atoms with E-state index in [0.29, 0.717) is 17.9 Å². The summed E-state index contributed by atoms with van der Waals surface area (Å²) in [4.78, 5) is 29.8. The van der Waals surface area contributed by atoms with E-state index in [9.17, 15) is 14.4 Å². The summed E-state index contributed by atoms with van der Waals surface area (Å²) in [5.41, 5.74) is 10.7. The molecular weight excluding hydrogens is 300 g/mol. The van der Waals surface area contributed by atoms with E-state index in [1.165, 1.54) is 50.3 Å². The van der Waals surface area contributed by atoms with Crippen molar-refractivity contribution in [2.24, 2.45) is 11.5 Å². The highest BCUT2D eigenvalue weighted by molar-refractivity contribution is 5.90. The Balaban J connectivity index is 0.000000347. The van der Waals surface area contributed by atoms with E-state index in [0.717, 1.165) is 0 Å². The number of carbonyl (C=O) groups is 3. The van der Waals surface area contributed by atoms with Crippen molar-refractivity contribution in [3.8, 4) is 0 Å². The van der Waals surface area contributed by atoms with Gasteiger partial charge >= 0.3 is 11.9 Å². The molecule has 0 radical (unpaired) electrons. The molecule has 0 aromatic heterocycles. The summed E-state index contributed by atoms with van der Waals surface area (Å²) in [5, 5.41) is 16.1. The van der Waals surface area contributed by atoms with E-state index in [2.05, 4.69) is 5.73 Å². The molecular formula is C16H24N2O5. The summed E-state index contributed by atoms with van der Waals surface area (Å²) >= 11 is 0. The Labute approximate surface area is 135 Å². The highest BCUT2D eigenvalue weighted by Gasteiger charge is 2.06. The molecule has 7 heteroatoms. The van der Waals surface area contributed by atoms with Gasteiger partial charge in [-0.15, -0.1) is 0 Å². The lowest BCUT2D eigenvalue weighted by Crippen LogP contribution is -2.22. The van der Waals surface area contributed by atoms with E-state index in [4.69, 9.17) is 15.9 Å². The van der Waals surface area contributed by atoms with E-state index in [1.807, 2.05) is 0 Å². The van der Waals surface area contributed by atoms with E-state index >= 15 is 0 Å². The Morgan fingerprint density at radius 3 is 2.09 bits per heavy atom. The number of aldehydes is 1. The standard InChI is InChI=1S/C8H6O3.C6H13N.C2H5NO2/c9-5-6-2-1-3-7(4-6)8(10)11;7-6-4-2-1-3-5-6;3-1-2(4)5/h1-5H,(H,10,11);6H,1-5,7H2;1,3H2,(H,4,5). The number of hydrogen-bond donors (Lipinski definition) is 4. The third-order valence-corrected chi connectivity index (χ3v) is 3.09. The van der Waals surface area contributed by atoms with Gasteiger partial charge < -0.3 is 21.7 Å². The molecule has 6 N–H and O–H groups in total. The topological polar surface area (TPSA) is 144 Å². The van der Waals surface area contributed by atoms with E-state index < -0.39 is 11.9 Å². The second kappa shape index (κ2) is 12.3. The van der Waals surface area contributed by atoms with Crippen LogP contribution in [0.5, 0.6) is 0 Å². The molecule has 0 bridgehead atoms. The van der Waals surface area contributed by atoms with Crippen molar-refractivity contribution in [1.82, 2.24) is 0 Å². The first-order chi connectivity index (χ1) is 10.9. The van der Waals surface area contributed by atoms with E-state index in [1.54, 1.807) is 6.07 Å². The van der Waals surface area contributed by atoms with Crippen molar-refractivity contribution >= 4 is 18.2 Å². The van der Waals surface area contributed by atoms with Crippen LogP contribution in [0.3, 0.4) is 0 Å². The number of aromatic carboxylic acids is 1. The van der Waals surface area contributed by atoms with Crippen molar-refractivity contribution in [1.29, 1.82) is 0 Å². The fourth-order valence-corrected chi connectivity index (χ4v) is 1.88. The third kappa shape index (κ3) is 11.0. The quantitative estimate of drug-likeness (QED) is 0.617. The first-order valence-electron chi connectivity index (χ1n) is 7.36. The molecule has 0 spiro atoms. The first-order valence-corrected chi connectivity index (χ1v) is 7.36. The van der Waals surface area contributed by atoms with Gasteiger partial charge in [0.05, 0.1) is 12.1 Å². The largest absolute Gasteiger partial charge is 0.480 e. The third-order valence-electron chi connectivity index (χ3n) is 3.09. The highest BCUT2D eigenvalue weighted by atomic mass is 16.4. The van der Waals surface area contributed by atoms with E-state index in [-0.39, 0.29) is 12.1 Å². The van der Waals surface area contributed by atoms with Gasteiger partial charge in [-0.05, 0) is 25.0 Å². The number of rotatable bonds is 3. The summed E-state index contributed by atoms with van der Waals surface area (Å²) in [7, 11) is 0. The summed E-state index contributed by atoms with van der Waals surface area (Å²) in [6.07, 6.45) is 7.28. The molecule has 0 amide bonds. The summed E-state index contributed by atoms with van der Waals surface area (Å²) in [6, 6.07) is 6.39. The van der Waals surface area contributed by atoms with Crippen LogP contribution in [-0.4, -0.2) is 41.0 Å². The molecule has 23 heavy (non-hydrogen) atoms. The molecule has 0 unspecified atom stereocenters. The van der Waals surface area contributed by atoms with Crippen LogP contribution in [0, 0.1) is 0 Å².